The first-order chi connectivity index (χ1) is 18.7. The topological polar surface area (TPSA) is 151 Å². The summed E-state index contributed by atoms with van der Waals surface area (Å²) in [6.45, 7) is 10.5. The van der Waals surface area contributed by atoms with Gasteiger partial charge in [-0.2, -0.15) is 0 Å². The summed E-state index contributed by atoms with van der Waals surface area (Å²) in [5.74, 6) is -2.13. The highest BCUT2D eigenvalue weighted by Crippen LogP contribution is 2.38. The molecule has 2 atom stereocenters. The number of hydrogen-bond acceptors (Lipinski definition) is 6. The van der Waals surface area contributed by atoms with Crippen molar-refractivity contribution in [2.45, 2.75) is 91.0 Å². The van der Waals surface area contributed by atoms with Crippen molar-refractivity contribution in [3.8, 4) is 5.75 Å². The van der Waals surface area contributed by atoms with Crippen LogP contribution >= 0.6 is 0 Å². The number of alkyl carbamates (subject to hydrolysis) is 1. The molecule has 5 N–H and O–H groups in total. The number of anilines is 1. The van der Waals surface area contributed by atoms with Crippen molar-refractivity contribution in [2.75, 3.05) is 5.32 Å². The highest BCUT2D eigenvalue weighted by atomic mass is 16.6. The summed E-state index contributed by atoms with van der Waals surface area (Å²) in [6, 6.07) is 7.61. The number of phenols is 1. The summed E-state index contributed by atoms with van der Waals surface area (Å²) in [4.78, 5) is 54.3. The lowest BCUT2D eigenvalue weighted by Crippen LogP contribution is -2.57. The lowest BCUT2D eigenvalue weighted by molar-refractivity contribution is -0.146. The van der Waals surface area contributed by atoms with Gasteiger partial charge in [0.25, 0.3) is 5.91 Å². The van der Waals surface area contributed by atoms with Crippen LogP contribution in [0, 0.1) is 20.8 Å². The average Bonchev–Trinajstić information content (AvgIpc) is 2.80. The van der Waals surface area contributed by atoms with E-state index >= 15 is 0 Å². The quantitative estimate of drug-likeness (QED) is 0.367. The zero-order valence-corrected chi connectivity index (χ0v) is 24.0. The van der Waals surface area contributed by atoms with Gasteiger partial charge in [0, 0.05) is 17.3 Å². The van der Waals surface area contributed by atoms with Gasteiger partial charge in [-0.05, 0) is 77.5 Å². The molecule has 1 fully saturated rings. The number of carbonyl (C=O) groups excluding carboxylic acids is 4. The van der Waals surface area contributed by atoms with Crippen molar-refractivity contribution >= 4 is 29.5 Å². The number of amides is 4. The van der Waals surface area contributed by atoms with Gasteiger partial charge in [-0.15, -0.1) is 0 Å². The van der Waals surface area contributed by atoms with Crippen LogP contribution in [0.15, 0.2) is 36.4 Å². The number of aromatic hydroxyl groups is 1. The molecule has 216 valence electrons. The van der Waals surface area contributed by atoms with Crippen LogP contribution in [0.1, 0.15) is 74.8 Å². The molecule has 10 heteroatoms. The minimum absolute atomic E-state index is 0.118. The number of ether oxygens (including phenoxy) is 1. The Bertz CT molecular complexity index is 1260. The molecule has 0 spiro atoms. The molecule has 2 aromatic rings. The Labute approximate surface area is 235 Å². The number of aryl methyl sites for hydroxylation is 3. The molecule has 0 aromatic heterocycles. The van der Waals surface area contributed by atoms with Gasteiger partial charge in [0.15, 0.2) is 0 Å². The van der Waals surface area contributed by atoms with E-state index in [4.69, 9.17) is 10.5 Å². The Hall–Kier alpha value is -4.08. The van der Waals surface area contributed by atoms with Crippen LogP contribution in [0.2, 0.25) is 0 Å². The fourth-order valence-electron chi connectivity index (χ4n) is 4.74. The number of hydrogen-bond donors (Lipinski definition) is 4. The number of phenolic OH excluding ortho intramolecular Hbond substituents is 1. The van der Waals surface area contributed by atoms with E-state index in [1.165, 1.54) is 4.90 Å². The molecule has 0 radical (unpaired) electrons. The van der Waals surface area contributed by atoms with E-state index in [1.54, 1.807) is 45.9 Å². The molecular weight excluding hydrogens is 512 g/mol. The molecule has 2 unspecified atom stereocenters. The minimum atomic E-state index is -1.38. The van der Waals surface area contributed by atoms with Gasteiger partial charge in [0.05, 0.1) is 6.42 Å². The third-order valence-corrected chi connectivity index (χ3v) is 6.94. The average molecular weight is 553 g/mol. The first-order valence-electron chi connectivity index (χ1n) is 13.4. The van der Waals surface area contributed by atoms with Gasteiger partial charge in [0.1, 0.15) is 23.4 Å². The molecule has 40 heavy (non-hydrogen) atoms. The summed E-state index contributed by atoms with van der Waals surface area (Å²) < 4.78 is 5.32. The Kier molecular flexibility index (Phi) is 9.44. The fourth-order valence-corrected chi connectivity index (χ4v) is 4.74. The summed E-state index contributed by atoms with van der Waals surface area (Å²) in [7, 11) is 0. The van der Waals surface area contributed by atoms with Gasteiger partial charge in [-0.25, -0.2) is 4.79 Å². The number of rotatable bonds is 9. The van der Waals surface area contributed by atoms with Crippen molar-refractivity contribution in [3.05, 3.63) is 58.7 Å². The third kappa shape index (κ3) is 7.31. The van der Waals surface area contributed by atoms with E-state index in [1.807, 2.05) is 32.0 Å². The first kappa shape index (κ1) is 30.5. The zero-order chi connectivity index (χ0) is 29.8. The second kappa shape index (κ2) is 12.4. The molecule has 0 saturated heterocycles. The number of nitrogens with one attached hydrogen (secondary N) is 2. The van der Waals surface area contributed by atoms with Crippen molar-refractivity contribution in [2.24, 2.45) is 5.73 Å². The van der Waals surface area contributed by atoms with Crippen molar-refractivity contribution < 1.29 is 29.0 Å². The summed E-state index contributed by atoms with van der Waals surface area (Å²) in [5, 5.41) is 16.5. The lowest BCUT2D eigenvalue weighted by atomic mass is 9.87. The van der Waals surface area contributed by atoms with Crippen LogP contribution in [-0.4, -0.2) is 51.5 Å². The van der Waals surface area contributed by atoms with E-state index in [0.29, 0.717) is 24.1 Å². The van der Waals surface area contributed by atoms with Gasteiger partial charge in [-0.1, -0.05) is 36.4 Å². The second-order valence-corrected chi connectivity index (χ2v) is 11.4. The summed E-state index contributed by atoms with van der Waals surface area (Å²) >= 11 is 0. The Balaban J connectivity index is 2.11. The standard InChI is InChI=1S/C30H40N4O6/c1-17-10-7-11-18(2)24(17)33-27(37)25(21-15-8-12-19(3)26(21)36)34(20-13-9-14-20)28(38)22(16-23(31)35)32-29(39)40-30(4,5)6/h7-8,10-12,15,20,22,25,36H,9,13-14,16H2,1-6H3,(H2,31,35)(H,32,39)(H,33,37). The van der Waals surface area contributed by atoms with Crippen LogP contribution < -0.4 is 16.4 Å². The summed E-state index contributed by atoms with van der Waals surface area (Å²) in [5.41, 5.74) is 7.65. The molecule has 3 rings (SSSR count). The number of para-hydroxylation sites is 2. The highest BCUT2D eigenvalue weighted by molar-refractivity contribution is 6.01. The van der Waals surface area contributed by atoms with Crippen molar-refractivity contribution in [1.29, 1.82) is 0 Å². The number of carbonyl (C=O) groups is 4. The molecule has 4 amide bonds. The molecular formula is C30H40N4O6. The van der Waals surface area contributed by atoms with Gasteiger partial charge >= 0.3 is 6.09 Å². The predicted molar refractivity (Wildman–Crippen MR) is 152 cm³/mol. The second-order valence-electron chi connectivity index (χ2n) is 11.4. The number of nitrogens with zero attached hydrogens (tertiary/aromatic N) is 1. The monoisotopic (exact) mass is 552 g/mol. The maximum Gasteiger partial charge on any atom is 0.408 e. The smallest absolute Gasteiger partial charge is 0.408 e. The molecule has 0 aliphatic heterocycles. The Morgan fingerprint density at radius 2 is 1.60 bits per heavy atom. The third-order valence-electron chi connectivity index (χ3n) is 6.94. The van der Waals surface area contributed by atoms with Crippen LogP contribution in [0.3, 0.4) is 0 Å². The first-order valence-corrected chi connectivity index (χ1v) is 13.4. The lowest BCUT2D eigenvalue weighted by Gasteiger charge is -2.43. The molecule has 1 saturated carbocycles. The fraction of sp³-hybridized carbons (Fsp3) is 0.467. The SMILES string of the molecule is Cc1cccc(C(C(=O)Nc2c(C)cccc2C)N(C(=O)C(CC(N)=O)NC(=O)OC(C)(C)C)C2CCC2)c1O. The maximum absolute atomic E-state index is 14.2. The summed E-state index contributed by atoms with van der Waals surface area (Å²) in [6.07, 6.45) is 0.671. The molecule has 1 aliphatic rings. The van der Waals surface area contributed by atoms with E-state index < -0.39 is 47.9 Å². The maximum atomic E-state index is 14.2. The van der Waals surface area contributed by atoms with Gasteiger partial charge in [-0.3, -0.25) is 14.4 Å². The number of nitrogens with two attached hydrogens (primary N) is 1. The highest BCUT2D eigenvalue weighted by Gasteiger charge is 2.43. The molecule has 1 aliphatic carbocycles. The van der Waals surface area contributed by atoms with Crippen LogP contribution in [0.5, 0.6) is 5.75 Å². The van der Waals surface area contributed by atoms with Crippen molar-refractivity contribution in [1.82, 2.24) is 10.2 Å². The Morgan fingerprint density at radius 3 is 2.12 bits per heavy atom. The molecule has 0 heterocycles. The number of benzene rings is 2. The Morgan fingerprint density at radius 1 is 1.02 bits per heavy atom. The largest absolute Gasteiger partial charge is 0.507 e. The van der Waals surface area contributed by atoms with Crippen LogP contribution in [0.4, 0.5) is 10.5 Å². The normalized spacial score (nSPS) is 14.8. The zero-order valence-electron chi connectivity index (χ0n) is 24.0. The van der Waals surface area contributed by atoms with Crippen molar-refractivity contribution in [3.63, 3.8) is 0 Å². The minimum Gasteiger partial charge on any atom is -0.507 e. The van der Waals surface area contributed by atoms with Crippen LogP contribution in [-0.2, 0) is 19.1 Å². The molecule has 2 aromatic carbocycles. The van der Waals surface area contributed by atoms with Gasteiger partial charge in [0.2, 0.25) is 11.8 Å². The van der Waals surface area contributed by atoms with E-state index in [-0.39, 0.29) is 17.4 Å². The van der Waals surface area contributed by atoms with Crippen LogP contribution in [0.25, 0.3) is 0 Å². The number of primary amides is 1. The van der Waals surface area contributed by atoms with E-state index in [9.17, 15) is 24.3 Å². The predicted octanol–water partition coefficient (Wildman–Crippen LogP) is 4.15. The van der Waals surface area contributed by atoms with Gasteiger partial charge < -0.3 is 31.1 Å². The van der Waals surface area contributed by atoms with E-state index in [0.717, 1.165) is 17.5 Å². The molecule has 0 bridgehead atoms. The van der Waals surface area contributed by atoms with E-state index in [2.05, 4.69) is 10.6 Å². The molecule has 10 nitrogen and oxygen atoms in total.